The molecule has 0 aliphatic rings. The van der Waals surface area contributed by atoms with Crippen molar-refractivity contribution in [2.75, 3.05) is 13.2 Å². The van der Waals surface area contributed by atoms with Gasteiger partial charge in [0.05, 0.1) is 13.2 Å². The lowest BCUT2D eigenvalue weighted by atomic mass is 10.2. The van der Waals surface area contributed by atoms with Crippen LogP contribution in [0.25, 0.3) is 0 Å². The highest BCUT2D eigenvalue weighted by Crippen LogP contribution is 2.16. The van der Waals surface area contributed by atoms with Gasteiger partial charge in [0.25, 0.3) is 0 Å². The summed E-state index contributed by atoms with van der Waals surface area (Å²) in [6.45, 7) is 5.07. The Bertz CT molecular complexity index is 604. The summed E-state index contributed by atoms with van der Waals surface area (Å²) in [6.07, 6.45) is 2.56. The Kier molecular flexibility index (Phi) is 6.75. The Balaban J connectivity index is 3.10. The van der Waals surface area contributed by atoms with Crippen LogP contribution in [0.15, 0.2) is 34.7 Å². The molecular weight excluding hydrogens is 288 g/mol. The normalized spacial score (nSPS) is 12.0. The molecule has 118 valence electrons. The molecule has 1 heterocycles. The van der Waals surface area contributed by atoms with Crippen LogP contribution in [0.2, 0.25) is 0 Å². The van der Waals surface area contributed by atoms with Crippen LogP contribution < -0.4 is 0 Å². The molecule has 0 bridgehead atoms. The summed E-state index contributed by atoms with van der Waals surface area (Å²) in [4.78, 5) is 31.4. The maximum Gasteiger partial charge on any atom is 0.343 e. The predicted molar refractivity (Wildman–Crippen MR) is 80.3 cm³/mol. The molecular formula is C15H18N2O5. The number of ether oxygens (including phenoxy) is 2. The van der Waals surface area contributed by atoms with Gasteiger partial charge in [0, 0.05) is 12.4 Å². The molecule has 1 aromatic heterocycles. The van der Waals surface area contributed by atoms with Gasteiger partial charge in [-0.1, -0.05) is 0 Å². The number of carbonyl (C=O) groups is 2. The Morgan fingerprint density at radius 1 is 1.32 bits per heavy atom. The molecule has 0 unspecified atom stereocenters. The van der Waals surface area contributed by atoms with Crippen LogP contribution >= 0.6 is 0 Å². The third-order valence-corrected chi connectivity index (χ3v) is 2.48. The molecule has 0 aliphatic carbocycles. The molecule has 1 rings (SSSR count). The van der Waals surface area contributed by atoms with Gasteiger partial charge in [-0.2, -0.15) is 0 Å². The molecule has 0 amide bonds. The van der Waals surface area contributed by atoms with E-state index in [0.29, 0.717) is 0 Å². The summed E-state index contributed by atoms with van der Waals surface area (Å²) < 4.78 is 9.71. The van der Waals surface area contributed by atoms with E-state index in [1.165, 1.54) is 19.2 Å². The van der Waals surface area contributed by atoms with Crippen molar-refractivity contribution in [1.29, 1.82) is 0 Å². The summed E-state index contributed by atoms with van der Waals surface area (Å²) >= 11 is 0. The van der Waals surface area contributed by atoms with Crippen molar-refractivity contribution >= 4 is 24.0 Å². The molecule has 1 aromatic rings. The van der Waals surface area contributed by atoms with Crippen molar-refractivity contribution < 1.29 is 24.2 Å². The van der Waals surface area contributed by atoms with Gasteiger partial charge < -0.3 is 14.6 Å². The van der Waals surface area contributed by atoms with Crippen molar-refractivity contribution in [2.45, 2.75) is 20.8 Å². The highest BCUT2D eigenvalue weighted by atomic mass is 16.5. The van der Waals surface area contributed by atoms with Crippen molar-refractivity contribution in [3.8, 4) is 0 Å². The number of aromatic nitrogens is 1. The predicted octanol–water partition coefficient (Wildman–Crippen LogP) is 2.36. The van der Waals surface area contributed by atoms with Crippen molar-refractivity contribution in [2.24, 2.45) is 4.99 Å². The zero-order valence-corrected chi connectivity index (χ0v) is 12.7. The Labute approximate surface area is 128 Å². The lowest BCUT2D eigenvalue weighted by Crippen LogP contribution is -2.11. The average Bonchev–Trinajstić information content (AvgIpc) is 2.48. The van der Waals surface area contributed by atoms with Crippen molar-refractivity contribution in [3.05, 3.63) is 35.2 Å². The molecule has 0 saturated heterocycles. The van der Waals surface area contributed by atoms with Crippen LogP contribution in [-0.4, -0.2) is 41.5 Å². The lowest BCUT2D eigenvalue weighted by molar-refractivity contribution is -0.138. The van der Waals surface area contributed by atoms with E-state index < -0.39 is 11.9 Å². The Hall–Kier alpha value is -2.70. The maximum atomic E-state index is 11.8. The van der Waals surface area contributed by atoms with E-state index in [-0.39, 0.29) is 35.9 Å². The van der Waals surface area contributed by atoms with Gasteiger partial charge in [-0.25, -0.2) is 19.6 Å². The van der Waals surface area contributed by atoms with Gasteiger partial charge in [0.15, 0.2) is 5.82 Å². The fraction of sp³-hybridized carbons (Fsp3) is 0.333. The molecule has 0 fully saturated rings. The Morgan fingerprint density at radius 3 is 2.59 bits per heavy atom. The molecule has 1 N–H and O–H groups in total. The van der Waals surface area contributed by atoms with Gasteiger partial charge in [0.2, 0.25) is 0 Å². The molecule has 7 nitrogen and oxygen atoms in total. The van der Waals surface area contributed by atoms with E-state index in [1.54, 1.807) is 19.9 Å². The summed E-state index contributed by atoms with van der Waals surface area (Å²) in [5.74, 6) is -1.43. The van der Waals surface area contributed by atoms with E-state index >= 15 is 0 Å². The van der Waals surface area contributed by atoms with Crippen LogP contribution in [-0.2, 0) is 14.3 Å². The number of aliphatic imine (C=N–C) groups is 1. The van der Waals surface area contributed by atoms with Gasteiger partial charge in [-0.05, 0) is 32.9 Å². The third kappa shape index (κ3) is 4.69. The summed E-state index contributed by atoms with van der Waals surface area (Å²) in [5, 5.41) is 9.53. The highest BCUT2D eigenvalue weighted by Gasteiger charge is 2.15. The number of rotatable bonds is 6. The molecule has 0 saturated carbocycles. The topological polar surface area (TPSA) is 98.1 Å². The zero-order valence-electron chi connectivity index (χ0n) is 12.7. The summed E-state index contributed by atoms with van der Waals surface area (Å²) in [6, 6.07) is 3.09. The SMILES string of the molecule is CCOC(=O)C(/C=N/c1ncccc1C(=O)OCC)=C(\C)O. The fourth-order valence-corrected chi connectivity index (χ4v) is 1.50. The first-order valence-corrected chi connectivity index (χ1v) is 6.74. The average molecular weight is 306 g/mol. The smallest absolute Gasteiger partial charge is 0.343 e. The number of pyridine rings is 1. The molecule has 7 heteroatoms. The first-order valence-electron chi connectivity index (χ1n) is 6.74. The Morgan fingerprint density at radius 2 is 2.00 bits per heavy atom. The second kappa shape index (κ2) is 8.56. The lowest BCUT2D eigenvalue weighted by Gasteiger charge is -2.05. The zero-order chi connectivity index (χ0) is 16.5. The van der Waals surface area contributed by atoms with Crippen molar-refractivity contribution in [1.82, 2.24) is 4.98 Å². The first-order chi connectivity index (χ1) is 10.5. The highest BCUT2D eigenvalue weighted by molar-refractivity contribution is 6.10. The first kappa shape index (κ1) is 17.4. The van der Waals surface area contributed by atoms with E-state index in [9.17, 15) is 14.7 Å². The number of esters is 2. The standard InChI is InChI=1S/C15H18N2O5/c1-4-21-14(19)11-7-6-8-16-13(11)17-9-12(10(3)18)15(20)22-5-2/h6-9,18H,4-5H2,1-3H3/b12-10+,17-9+. The van der Waals surface area contributed by atoms with Gasteiger partial charge in [0.1, 0.15) is 16.9 Å². The van der Waals surface area contributed by atoms with E-state index in [2.05, 4.69) is 9.98 Å². The monoisotopic (exact) mass is 306 g/mol. The fourth-order valence-electron chi connectivity index (χ4n) is 1.50. The third-order valence-electron chi connectivity index (χ3n) is 2.48. The van der Waals surface area contributed by atoms with Crippen LogP contribution in [0.1, 0.15) is 31.1 Å². The van der Waals surface area contributed by atoms with Crippen LogP contribution in [0, 0.1) is 0 Å². The second-order valence-corrected chi connectivity index (χ2v) is 4.07. The van der Waals surface area contributed by atoms with E-state index in [1.807, 2.05) is 0 Å². The number of hydrogen-bond acceptors (Lipinski definition) is 7. The van der Waals surface area contributed by atoms with E-state index in [0.717, 1.165) is 6.21 Å². The molecule has 0 aromatic carbocycles. The number of aliphatic hydroxyl groups is 1. The van der Waals surface area contributed by atoms with Crippen LogP contribution in [0.4, 0.5) is 5.82 Å². The number of nitrogens with zero attached hydrogens (tertiary/aromatic N) is 2. The minimum Gasteiger partial charge on any atom is -0.512 e. The van der Waals surface area contributed by atoms with Gasteiger partial charge in [-0.3, -0.25) is 0 Å². The maximum absolute atomic E-state index is 11.8. The quantitative estimate of drug-likeness (QED) is 0.375. The minimum atomic E-state index is -0.708. The molecule has 0 radical (unpaired) electrons. The van der Waals surface area contributed by atoms with E-state index in [4.69, 9.17) is 9.47 Å². The number of carbonyl (C=O) groups excluding carboxylic acids is 2. The summed E-state index contributed by atoms with van der Waals surface area (Å²) in [7, 11) is 0. The molecule has 0 spiro atoms. The minimum absolute atomic E-state index is 0.0870. The molecule has 0 aliphatic heterocycles. The number of hydrogen-bond donors (Lipinski definition) is 1. The summed E-state index contributed by atoms with van der Waals surface area (Å²) in [5.41, 5.74) is 0.0571. The van der Waals surface area contributed by atoms with Crippen molar-refractivity contribution in [3.63, 3.8) is 0 Å². The second-order valence-electron chi connectivity index (χ2n) is 4.07. The van der Waals surface area contributed by atoms with Crippen LogP contribution in [0.3, 0.4) is 0 Å². The van der Waals surface area contributed by atoms with Gasteiger partial charge >= 0.3 is 11.9 Å². The van der Waals surface area contributed by atoms with Gasteiger partial charge in [-0.15, -0.1) is 0 Å². The van der Waals surface area contributed by atoms with Crippen LogP contribution in [0.5, 0.6) is 0 Å². The largest absolute Gasteiger partial charge is 0.512 e. The molecule has 22 heavy (non-hydrogen) atoms. The number of allylic oxidation sites excluding steroid dienone is 1. The molecule has 0 atom stereocenters. The number of aliphatic hydroxyl groups excluding tert-OH is 1.